The summed E-state index contributed by atoms with van der Waals surface area (Å²) in [5.41, 5.74) is 0. The van der Waals surface area contributed by atoms with Crippen LogP contribution in [0.15, 0.2) is 0 Å². The third-order valence-corrected chi connectivity index (χ3v) is 2.81. The maximum atomic E-state index is 10.7. The van der Waals surface area contributed by atoms with E-state index in [-0.39, 0.29) is 36.8 Å². The van der Waals surface area contributed by atoms with Crippen molar-refractivity contribution < 1.29 is 25.9 Å². The molecule has 0 spiro atoms. The third kappa shape index (κ3) is 6.78. The van der Waals surface area contributed by atoms with E-state index in [4.69, 9.17) is 19.3 Å². The zero-order chi connectivity index (χ0) is 12.7. The summed E-state index contributed by atoms with van der Waals surface area (Å²) in [6.45, 7) is 5.25. The van der Waals surface area contributed by atoms with Gasteiger partial charge in [-0.15, -0.1) is 6.61 Å². The molecule has 1 N–H and O–H groups in total. The van der Waals surface area contributed by atoms with Crippen molar-refractivity contribution in [2.75, 3.05) is 33.0 Å². The number of ether oxygens (including phenoxy) is 3. The summed E-state index contributed by atoms with van der Waals surface area (Å²) in [4.78, 5) is 0. The first-order chi connectivity index (χ1) is 8.07. The van der Waals surface area contributed by atoms with Crippen LogP contribution in [0, 0.1) is 5.92 Å². The molecule has 1 heterocycles. The van der Waals surface area contributed by atoms with Gasteiger partial charge in [0.05, 0.1) is 13.2 Å². The van der Waals surface area contributed by atoms with Gasteiger partial charge in [0.25, 0.3) is 0 Å². The van der Waals surface area contributed by atoms with Crippen LogP contribution >= 0.6 is 0 Å². The first kappa shape index (κ1) is 18.0. The van der Waals surface area contributed by atoms with E-state index >= 15 is 0 Å². The Morgan fingerprint density at radius 1 is 1.50 bits per heavy atom. The van der Waals surface area contributed by atoms with Crippen molar-refractivity contribution in [2.24, 2.45) is 5.92 Å². The van der Waals surface area contributed by atoms with Crippen molar-refractivity contribution in [1.29, 1.82) is 0 Å². The molecule has 0 amide bonds. The van der Waals surface area contributed by atoms with Gasteiger partial charge in [-0.2, -0.15) is 0 Å². The molecule has 0 radical (unpaired) electrons. The van der Waals surface area contributed by atoms with Crippen LogP contribution < -0.4 is 5.11 Å². The van der Waals surface area contributed by atoms with E-state index in [1.165, 1.54) is 0 Å². The monoisotopic (exact) mass is 257 g/mol. The molecule has 1 saturated heterocycles. The molecule has 0 aromatic heterocycles. The van der Waals surface area contributed by atoms with Crippen molar-refractivity contribution in [3.05, 3.63) is 0 Å². The van der Waals surface area contributed by atoms with E-state index in [0.29, 0.717) is 32.7 Å². The summed E-state index contributed by atoms with van der Waals surface area (Å²) in [5.74, 6) is -0.500. The summed E-state index contributed by atoms with van der Waals surface area (Å²) in [6, 6.07) is 0. The van der Waals surface area contributed by atoms with Gasteiger partial charge in [-0.05, 0) is 26.7 Å². The standard InChI is InChI=1S/C12H23O5.Be.H/c1-12(2)16-9-11(17-12)8-15-6-4-10(7-14)3-5-13;;/h10-11,13H,3-9H2,1-2H3;;/q-1;+2;-1. The first-order valence-electron chi connectivity index (χ1n) is 6.16. The fourth-order valence-electron chi connectivity index (χ4n) is 1.80. The molecule has 2 atom stereocenters. The Hall–Kier alpha value is -0.0312. The molecule has 0 aromatic carbocycles. The van der Waals surface area contributed by atoms with Crippen molar-refractivity contribution in [2.45, 2.75) is 38.6 Å². The molecule has 0 saturated carbocycles. The number of hydrogen-bond donors (Lipinski definition) is 1. The Kier molecular flexibility index (Phi) is 8.95. The molecule has 0 aromatic rings. The van der Waals surface area contributed by atoms with Gasteiger partial charge in [0.15, 0.2) is 5.79 Å². The second-order valence-corrected chi connectivity index (χ2v) is 4.86. The van der Waals surface area contributed by atoms with Crippen LogP contribution in [0.3, 0.4) is 0 Å². The van der Waals surface area contributed by atoms with Gasteiger partial charge in [-0.3, -0.25) is 0 Å². The molecule has 0 aliphatic carbocycles. The molecular weight excluding hydrogens is 233 g/mol. The average molecular weight is 257 g/mol. The summed E-state index contributed by atoms with van der Waals surface area (Å²) in [6.07, 6.45) is 1.23. The van der Waals surface area contributed by atoms with Gasteiger partial charge in [-0.1, -0.05) is 5.92 Å². The summed E-state index contributed by atoms with van der Waals surface area (Å²) in [7, 11) is 0. The first-order valence-corrected chi connectivity index (χ1v) is 6.16. The Morgan fingerprint density at radius 2 is 2.22 bits per heavy atom. The molecule has 0 bridgehead atoms. The molecule has 104 valence electrons. The van der Waals surface area contributed by atoms with Crippen molar-refractivity contribution >= 4 is 10.1 Å². The quantitative estimate of drug-likeness (QED) is 0.475. The van der Waals surface area contributed by atoms with Crippen molar-refractivity contribution in [3.63, 3.8) is 0 Å². The number of hydrogen-bond acceptors (Lipinski definition) is 5. The van der Waals surface area contributed by atoms with Gasteiger partial charge in [0, 0.05) is 13.2 Å². The Balaban J connectivity index is 0. The van der Waals surface area contributed by atoms with Crippen LogP contribution in [0.2, 0.25) is 0 Å². The van der Waals surface area contributed by atoms with Gasteiger partial charge in [-0.25, -0.2) is 0 Å². The molecule has 2 unspecified atom stereocenters. The van der Waals surface area contributed by atoms with Crippen LogP contribution in [0.4, 0.5) is 0 Å². The van der Waals surface area contributed by atoms with Crippen LogP contribution in [0.5, 0.6) is 0 Å². The fraction of sp³-hybridized carbons (Fsp3) is 1.00. The Morgan fingerprint density at radius 3 is 2.72 bits per heavy atom. The van der Waals surface area contributed by atoms with E-state index in [2.05, 4.69) is 0 Å². The Bertz CT molecular complexity index is 218. The molecule has 18 heavy (non-hydrogen) atoms. The van der Waals surface area contributed by atoms with Crippen LogP contribution in [-0.4, -0.2) is 60.2 Å². The Labute approximate surface area is 114 Å². The smallest absolute Gasteiger partial charge is 1.00 e. The third-order valence-electron chi connectivity index (χ3n) is 2.81. The summed E-state index contributed by atoms with van der Waals surface area (Å²) in [5, 5.41) is 19.5. The van der Waals surface area contributed by atoms with E-state index in [0.717, 1.165) is 0 Å². The minimum atomic E-state index is -0.511. The molecular formula is C12H24BeO5. The van der Waals surface area contributed by atoms with Crippen LogP contribution in [0.25, 0.3) is 0 Å². The molecule has 1 rings (SSSR count). The second kappa shape index (κ2) is 8.97. The van der Waals surface area contributed by atoms with E-state index in [9.17, 15) is 5.11 Å². The number of aliphatic hydroxyl groups is 1. The zero-order valence-electron chi connectivity index (χ0n) is 12.4. The van der Waals surface area contributed by atoms with Gasteiger partial charge in [0.2, 0.25) is 0 Å². The molecule has 5 nitrogen and oxygen atoms in total. The SMILES string of the molecule is CC1(C)OCC(COCCC(C[O-])CCO)O1.[Be+2].[H-]. The van der Waals surface area contributed by atoms with E-state index in [1.807, 2.05) is 13.8 Å². The second-order valence-electron chi connectivity index (χ2n) is 4.86. The molecule has 1 aliphatic rings. The van der Waals surface area contributed by atoms with Crippen molar-refractivity contribution in [1.82, 2.24) is 0 Å². The van der Waals surface area contributed by atoms with Crippen molar-refractivity contribution in [3.8, 4) is 0 Å². The molecule has 6 heteroatoms. The van der Waals surface area contributed by atoms with Crippen LogP contribution in [0.1, 0.15) is 28.1 Å². The number of aliphatic hydroxyl groups excluding tert-OH is 1. The van der Waals surface area contributed by atoms with E-state index in [1.54, 1.807) is 0 Å². The summed E-state index contributed by atoms with van der Waals surface area (Å²) < 4.78 is 16.5. The predicted octanol–water partition coefficient (Wildman–Crippen LogP) is -0.365. The summed E-state index contributed by atoms with van der Waals surface area (Å²) >= 11 is 0. The van der Waals surface area contributed by atoms with Crippen LogP contribution in [-0.2, 0) is 14.2 Å². The normalized spacial score (nSPS) is 23.7. The van der Waals surface area contributed by atoms with Gasteiger partial charge in [0.1, 0.15) is 6.10 Å². The zero-order valence-corrected chi connectivity index (χ0v) is 11.4. The number of rotatable bonds is 8. The predicted molar refractivity (Wildman–Crippen MR) is 67.3 cm³/mol. The average Bonchev–Trinajstić information content (AvgIpc) is 2.63. The molecule has 1 aliphatic heterocycles. The minimum absolute atomic E-state index is 0. The fourth-order valence-corrected chi connectivity index (χ4v) is 1.80. The van der Waals surface area contributed by atoms with Gasteiger partial charge < -0.3 is 25.9 Å². The minimum Gasteiger partial charge on any atom is -1.00 e. The molecule has 1 fully saturated rings. The van der Waals surface area contributed by atoms with Gasteiger partial charge >= 0.3 is 10.1 Å². The maximum absolute atomic E-state index is 10.7. The topological polar surface area (TPSA) is 71.0 Å². The maximum Gasteiger partial charge on any atom is 2.00 e. The largest absolute Gasteiger partial charge is 2.00 e. The van der Waals surface area contributed by atoms with E-state index < -0.39 is 5.79 Å².